The summed E-state index contributed by atoms with van der Waals surface area (Å²) in [6.07, 6.45) is 1.10. The molecule has 0 bridgehead atoms. The molecule has 1 saturated heterocycles. The van der Waals surface area contributed by atoms with Crippen LogP contribution < -0.4 is 10.5 Å². The Morgan fingerprint density at radius 2 is 2.12 bits per heavy atom. The molecule has 1 rings (SSSR count). The first-order chi connectivity index (χ1) is 7.41. The van der Waals surface area contributed by atoms with Crippen molar-refractivity contribution in [2.24, 2.45) is 11.1 Å². The van der Waals surface area contributed by atoms with Crippen molar-refractivity contribution in [3.05, 3.63) is 0 Å². The van der Waals surface area contributed by atoms with E-state index < -0.39 is 10.0 Å². The van der Waals surface area contributed by atoms with Gasteiger partial charge in [0.15, 0.2) is 0 Å². The van der Waals surface area contributed by atoms with Gasteiger partial charge in [0.05, 0.1) is 5.75 Å². The Labute approximate surface area is 111 Å². The molecule has 1 aliphatic rings. The van der Waals surface area contributed by atoms with Gasteiger partial charge in [-0.1, -0.05) is 6.92 Å². The number of rotatable bonds is 6. The second kappa shape index (κ2) is 6.89. The van der Waals surface area contributed by atoms with Crippen LogP contribution in [0.5, 0.6) is 0 Å². The molecule has 17 heavy (non-hydrogen) atoms. The lowest BCUT2D eigenvalue weighted by molar-refractivity contribution is 0.284. The zero-order valence-corrected chi connectivity index (χ0v) is 12.2. The quantitative estimate of drug-likeness (QED) is 0.721. The van der Waals surface area contributed by atoms with E-state index >= 15 is 0 Å². The van der Waals surface area contributed by atoms with E-state index in [1.54, 1.807) is 6.92 Å². The molecule has 0 amide bonds. The maximum atomic E-state index is 11.2. The number of sulfonamides is 1. The van der Waals surface area contributed by atoms with Crippen LogP contribution in [0.25, 0.3) is 0 Å². The van der Waals surface area contributed by atoms with E-state index in [2.05, 4.69) is 16.5 Å². The standard InChI is InChI=1S/C10H23N3O2S.ClH/c1-3-16(14,15)12-5-7-13-6-4-10(2,8-11)9-13;/h12H,3-9,11H2,1-2H3;1H. The number of nitrogens with one attached hydrogen (secondary N) is 1. The first kappa shape index (κ1) is 17.1. The summed E-state index contributed by atoms with van der Waals surface area (Å²) >= 11 is 0. The SMILES string of the molecule is CCS(=O)(=O)NCCN1CCC(C)(CN)C1.Cl. The van der Waals surface area contributed by atoms with Crippen LogP contribution in [0, 0.1) is 5.41 Å². The molecule has 3 N–H and O–H groups in total. The number of nitrogens with two attached hydrogens (primary N) is 1. The van der Waals surface area contributed by atoms with E-state index in [1.165, 1.54) is 0 Å². The maximum Gasteiger partial charge on any atom is 0.211 e. The fourth-order valence-electron chi connectivity index (χ4n) is 1.94. The molecular weight excluding hydrogens is 262 g/mol. The minimum Gasteiger partial charge on any atom is -0.330 e. The van der Waals surface area contributed by atoms with E-state index in [-0.39, 0.29) is 23.6 Å². The third-order valence-corrected chi connectivity index (χ3v) is 4.66. The summed E-state index contributed by atoms with van der Waals surface area (Å²) in [6, 6.07) is 0. The van der Waals surface area contributed by atoms with Crippen molar-refractivity contribution >= 4 is 22.4 Å². The van der Waals surface area contributed by atoms with Crippen molar-refractivity contribution in [2.45, 2.75) is 20.3 Å². The Bertz CT molecular complexity index is 324. The van der Waals surface area contributed by atoms with Crippen molar-refractivity contribution in [2.75, 3.05) is 38.5 Å². The Balaban J connectivity index is 0.00000256. The Hall–Kier alpha value is 0.120. The molecule has 0 saturated carbocycles. The van der Waals surface area contributed by atoms with E-state index in [1.807, 2.05) is 0 Å². The molecule has 0 aromatic rings. The molecule has 1 aliphatic heterocycles. The van der Waals surface area contributed by atoms with Crippen LogP contribution in [0.1, 0.15) is 20.3 Å². The van der Waals surface area contributed by atoms with Crippen LogP contribution in [0.2, 0.25) is 0 Å². The highest BCUT2D eigenvalue weighted by molar-refractivity contribution is 7.89. The maximum absolute atomic E-state index is 11.2. The molecule has 7 heteroatoms. The lowest BCUT2D eigenvalue weighted by Gasteiger charge is -2.22. The van der Waals surface area contributed by atoms with E-state index in [9.17, 15) is 8.42 Å². The second-order valence-corrected chi connectivity index (χ2v) is 6.93. The lowest BCUT2D eigenvalue weighted by atomic mass is 9.90. The zero-order valence-electron chi connectivity index (χ0n) is 10.6. The topological polar surface area (TPSA) is 75.4 Å². The van der Waals surface area contributed by atoms with Crippen LogP contribution in [-0.2, 0) is 10.0 Å². The summed E-state index contributed by atoms with van der Waals surface area (Å²) in [7, 11) is -3.05. The monoisotopic (exact) mass is 285 g/mol. The Morgan fingerprint density at radius 1 is 1.47 bits per heavy atom. The van der Waals surface area contributed by atoms with Gasteiger partial charge in [0.1, 0.15) is 0 Å². The van der Waals surface area contributed by atoms with Crippen LogP contribution in [-0.4, -0.2) is 51.8 Å². The summed E-state index contributed by atoms with van der Waals surface area (Å²) < 4.78 is 25.0. The van der Waals surface area contributed by atoms with Gasteiger partial charge in [-0.3, -0.25) is 0 Å². The van der Waals surface area contributed by atoms with Crippen molar-refractivity contribution in [1.29, 1.82) is 0 Å². The first-order valence-corrected chi connectivity index (χ1v) is 7.46. The molecule has 0 spiro atoms. The third kappa shape index (κ3) is 5.52. The van der Waals surface area contributed by atoms with Gasteiger partial charge in [-0.25, -0.2) is 13.1 Å². The summed E-state index contributed by atoms with van der Waals surface area (Å²) in [6.45, 7) is 7.78. The number of halogens is 1. The number of nitrogens with zero attached hydrogens (tertiary/aromatic N) is 1. The van der Waals surface area contributed by atoms with Gasteiger partial charge in [0.2, 0.25) is 10.0 Å². The minimum absolute atomic E-state index is 0. The van der Waals surface area contributed by atoms with Crippen molar-refractivity contribution < 1.29 is 8.42 Å². The van der Waals surface area contributed by atoms with Crippen molar-refractivity contribution in [1.82, 2.24) is 9.62 Å². The van der Waals surface area contributed by atoms with Crippen molar-refractivity contribution in [3.8, 4) is 0 Å². The van der Waals surface area contributed by atoms with Crippen LogP contribution in [0.4, 0.5) is 0 Å². The average Bonchev–Trinajstić information content (AvgIpc) is 2.61. The molecule has 1 fully saturated rings. The number of likely N-dealkylation sites (tertiary alicyclic amines) is 1. The van der Waals surface area contributed by atoms with E-state index in [0.717, 1.165) is 26.1 Å². The van der Waals surface area contributed by atoms with E-state index in [0.29, 0.717) is 13.1 Å². The second-order valence-electron chi connectivity index (χ2n) is 4.84. The fraction of sp³-hybridized carbons (Fsp3) is 1.00. The highest BCUT2D eigenvalue weighted by Crippen LogP contribution is 2.27. The molecule has 104 valence electrons. The fourth-order valence-corrected chi connectivity index (χ4v) is 2.55. The molecule has 0 aromatic carbocycles. The van der Waals surface area contributed by atoms with Crippen LogP contribution in [0.3, 0.4) is 0 Å². The van der Waals surface area contributed by atoms with Crippen LogP contribution >= 0.6 is 12.4 Å². The predicted octanol–water partition coefficient (Wildman–Crippen LogP) is 0.0182. The summed E-state index contributed by atoms with van der Waals surface area (Å²) in [4.78, 5) is 2.27. The van der Waals surface area contributed by atoms with Gasteiger partial charge in [0, 0.05) is 19.6 Å². The Morgan fingerprint density at radius 3 is 2.59 bits per heavy atom. The third-order valence-electron chi connectivity index (χ3n) is 3.26. The molecule has 0 aromatic heterocycles. The van der Waals surface area contributed by atoms with E-state index in [4.69, 9.17) is 5.73 Å². The van der Waals surface area contributed by atoms with Crippen LogP contribution in [0.15, 0.2) is 0 Å². The predicted molar refractivity (Wildman–Crippen MR) is 72.9 cm³/mol. The lowest BCUT2D eigenvalue weighted by Crippen LogP contribution is -2.36. The van der Waals surface area contributed by atoms with Gasteiger partial charge < -0.3 is 10.6 Å². The van der Waals surface area contributed by atoms with Gasteiger partial charge >= 0.3 is 0 Å². The first-order valence-electron chi connectivity index (χ1n) is 5.80. The Kier molecular flexibility index (Phi) is 6.94. The normalized spacial score (nSPS) is 25.8. The molecule has 1 heterocycles. The molecule has 1 unspecified atom stereocenters. The smallest absolute Gasteiger partial charge is 0.211 e. The zero-order chi connectivity index (χ0) is 12.2. The molecular formula is C10H24ClN3O2S. The van der Waals surface area contributed by atoms with Gasteiger partial charge in [-0.15, -0.1) is 12.4 Å². The molecule has 0 radical (unpaired) electrons. The van der Waals surface area contributed by atoms with Gasteiger partial charge in [-0.2, -0.15) is 0 Å². The summed E-state index contributed by atoms with van der Waals surface area (Å²) in [5.74, 6) is 0.146. The molecule has 5 nitrogen and oxygen atoms in total. The van der Waals surface area contributed by atoms with Gasteiger partial charge in [0.25, 0.3) is 0 Å². The highest BCUT2D eigenvalue weighted by Gasteiger charge is 2.31. The van der Waals surface area contributed by atoms with Gasteiger partial charge in [-0.05, 0) is 31.8 Å². The minimum atomic E-state index is -3.05. The average molecular weight is 286 g/mol. The number of hydrogen-bond acceptors (Lipinski definition) is 4. The molecule has 1 atom stereocenters. The number of hydrogen-bond donors (Lipinski definition) is 2. The molecule has 0 aliphatic carbocycles. The van der Waals surface area contributed by atoms with Crippen molar-refractivity contribution in [3.63, 3.8) is 0 Å². The largest absolute Gasteiger partial charge is 0.330 e. The highest BCUT2D eigenvalue weighted by atomic mass is 35.5. The summed E-state index contributed by atoms with van der Waals surface area (Å²) in [5.41, 5.74) is 5.92. The summed E-state index contributed by atoms with van der Waals surface area (Å²) in [5, 5.41) is 0.